The van der Waals surface area contributed by atoms with Gasteiger partial charge in [0.25, 0.3) is 0 Å². The second-order valence-corrected chi connectivity index (χ2v) is 8.72. The van der Waals surface area contributed by atoms with Crippen molar-refractivity contribution in [2.45, 2.75) is 40.5 Å². The quantitative estimate of drug-likeness (QED) is 0.371. The van der Waals surface area contributed by atoms with Crippen molar-refractivity contribution in [3.63, 3.8) is 0 Å². The van der Waals surface area contributed by atoms with E-state index in [1.165, 1.54) is 6.07 Å². The van der Waals surface area contributed by atoms with Crippen LogP contribution < -0.4 is 4.74 Å². The Labute approximate surface area is 188 Å². The van der Waals surface area contributed by atoms with Crippen LogP contribution in [-0.2, 0) is 4.74 Å². The second-order valence-electron chi connectivity index (χ2n) is 8.72. The molecule has 0 amide bonds. The number of hydrogen-bond donors (Lipinski definition) is 0. The van der Waals surface area contributed by atoms with E-state index in [0.717, 1.165) is 12.8 Å². The second kappa shape index (κ2) is 10.3. The molecule has 1 aromatic heterocycles. The number of esters is 1. The van der Waals surface area contributed by atoms with Crippen molar-refractivity contribution in [2.75, 3.05) is 13.2 Å². The number of carbonyl (C=O) groups excluding carboxylic acids is 1. The van der Waals surface area contributed by atoms with Crippen LogP contribution in [0.15, 0.2) is 42.6 Å². The van der Waals surface area contributed by atoms with E-state index in [0.29, 0.717) is 52.8 Å². The van der Waals surface area contributed by atoms with Gasteiger partial charge in [0.2, 0.25) is 0 Å². The SMILES string of the molecule is CC(C)CCOC(=O)c1ccc(-n2cc(C#N)c3cc(OCCC(C)C)c(F)cc32)cc1. The van der Waals surface area contributed by atoms with Gasteiger partial charge in [-0.15, -0.1) is 0 Å². The predicted molar refractivity (Wildman–Crippen MR) is 123 cm³/mol. The van der Waals surface area contributed by atoms with Gasteiger partial charge >= 0.3 is 5.97 Å². The van der Waals surface area contributed by atoms with Crippen molar-refractivity contribution in [3.05, 3.63) is 59.5 Å². The Morgan fingerprint density at radius 1 is 1.06 bits per heavy atom. The molecule has 1 heterocycles. The zero-order valence-corrected chi connectivity index (χ0v) is 19.0. The fourth-order valence-corrected chi connectivity index (χ4v) is 3.27. The highest BCUT2D eigenvalue weighted by Crippen LogP contribution is 2.31. The first-order valence-corrected chi connectivity index (χ1v) is 10.9. The fraction of sp³-hybridized carbons (Fsp3) is 0.385. The highest BCUT2D eigenvalue weighted by atomic mass is 19.1. The predicted octanol–water partition coefficient (Wildman–Crippen LogP) is 6.27. The largest absolute Gasteiger partial charge is 0.490 e. The average molecular weight is 437 g/mol. The van der Waals surface area contributed by atoms with Crippen LogP contribution in [0.2, 0.25) is 0 Å². The van der Waals surface area contributed by atoms with Gasteiger partial charge in [0.05, 0.1) is 29.9 Å². The molecule has 0 N–H and O–H groups in total. The van der Waals surface area contributed by atoms with Crippen molar-refractivity contribution >= 4 is 16.9 Å². The Hall–Kier alpha value is -3.33. The molecule has 0 saturated carbocycles. The monoisotopic (exact) mass is 436 g/mol. The summed E-state index contributed by atoms with van der Waals surface area (Å²) in [5.74, 6) is 0.208. The standard InChI is InChI=1S/C26H29FN2O3/c1-17(2)9-11-31-25-13-22-20(15-28)16-29(24(22)14-23(25)27)21-7-5-19(6-8-21)26(30)32-12-10-18(3)4/h5-8,13-14,16-18H,9-12H2,1-4H3. The van der Waals surface area contributed by atoms with Crippen LogP contribution in [-0.4, -0.2) is 23.8 Å². The lowest BCUT2D eigenvalue weighted by atomic mass is 10.1. The van der Waals surface area contributed by atoms with Gasteiger partial charge in [-0.2, -0.15) is 5.26 Å². The van der Waals surface area contributed by atoms with E-state index < -0.39 is 5.82 Å². The van der Waals surface area contributed by atoms with Crippen LogP contribution in [0.5, 0.6) is 5.75 Å². The summed E-state index contributed by atoms with van der Waals surface area (Å²) in [5, 5.41) is 10.2. The summed E-state index contributed by atoms with van der Waals surface area (Å²) in [5.41, 5.74) is 2.14. The topological polar surface area (TPSA) is 64.2 Å². The van der Waals surface area contributed by atoms with Crippen molar-refractivity contribution in [2.24, 2.45) is 11.8 Å². The minimum atomic E-state index is -0.476. The molecule has 3 aromatic rings. The van der Waals surface area contributed by atoms with E-state index in [4.69, 9.17) is 9.47 Å². The first-order chi connectivity index (χ1) is 15.3. The molecule has 0 atom stereocenters. The first kappa shape index (κ1) is 23.3. The normalized spacial score (nSPS) is 11.2. The summed E-state index contributed by atoms with van der Waals surface area (Å²) < 4.78 is 27.4. The van der Waals surface area contributed by atoms with Gasteiger partial charge in [0, 0.05) is 23.3 Å². The maximum atomic E-state index is 14.7. The molecule has 0 bridgehead atoms. The molecule has 2 aromatic carbocycles. The lowest BCUT2D eigenvalue weighted by Crippen LogP contribution is -2.08. The lowest BCUT2D eigenvalue weighted by molar-refractivity contribution is 0.0488. The van der Waals surface area contributed by atoms with Crippen molar-refractivity contribution in [3.8, 4) is 17.5 Å². The summed E-state index contributed by atoms with van der Waals surface area (Å²) in [6.07, 6.45) is 3.29. The Balaban J connectivity index is 1.86. The molecule has 32 heavy (non-hydrogen) atoms. The molecule has 6 heteroatoms. The summed E-state index contributed by atoms with van der Waals surface area (Å²) in [6.45, 7) is 9.09. The van der Waals surface area contributed by atoms with E-state index in [2.05, 4.69) is 33.8 Å². The first-order valence-electron chi connectivity index (χ1n) is 10.9. The number of nitrogens with zero attached hydrogens (tertiary/aromatic N) is 2. The Kier molecular flexibility index (Phi) is 7.53. The molecule has 5 nitrogen and oxygen atoms in total. The third-order valence-electron chi connectivity index (χ3n) is 5.24. The van der Waals surface area contributed by atoms with Crippen LogP contribution in [0.3, 0.4) is 0 Å². The molecule has 0 spiro atoms. The van der Waals surface area contributed by atoms with Crippen molar-refractivity contribution < 1.29 is 18.7 Å². The minimum Gasteiger partial charge on any atom is -0.490 e. The van der Waals surface area contributed by atoms with Gasteiger partial charge in [-0.1, -0.05) is 27.7 Å². The lowest BCUT2D eigenvalue weighted by Gasteiger charge is -2.11. The average Bonchev–Trinajstić information content (AvgIpc) is 3.10. The van der Waals surface area contributed by atoms with Crippen LogP contribution in [0.25, 0.3) is 16.6 Å². The Morgan fingerprint density at radius 2 is 1.72 bits per heavy atom. The minimum absolute atomic E-state index is 0.145. The highest BCUT2D eigenvalue weighted by Gasteiger charge is 2.16. The van der Waals surface area contributed by atoms with Gasteiger partial charge in [0.1, 0.15) is 6.07 Å². The number of rotatable bonds is 9. The fourth-order valence-electron chi connectivity index (χ4n) is 3.27. The van der Waals surface area contributed by atoms with E-state index in [9.17, 15) is 14.4 Å². The van der Waals surface area contributed by atoms with Crippen molar-refractivity contribution in [1.82, 2.24) is 4.57 Å². The van der Waals surface area contributed by atoms with Crippen LogP contribution >= 0.6 is 0 Å². The van der Waals surface area contributed by atoms with E-state index in [1.807, 2.05) is 0 Å². The van der Waals surface area contributed by atoms with Crippen LogP contribution in [0, 0.1) is 29.0 Å². The smallest absolute Gasteiger partial charge is 0.338 e. The molecule has 0 unspecified atom stereocenters. The number of nitriles is 1. The third kappa shape index (κ3) is 5.47. The molecule has 0 aliphatic heterocycles. The number of halogens is 1. The summed E-state index contributed by atoms with van der Waals surface area (Å²) in [7, 11) is 0. The molecule has 3 rings (SSSR count). The molecular formula is C26H29FN2O3. The van der Waals surface area contributed by atoms with E-state index >= 15 is 0 Å². The summed E-state index contributed by atoms with van der Waals surface area (Å²) in [6, 6.07) is 12.0. The zero-order chi connectivity index (χ0) is 23.3. The molecule has 0 radical (unpaired) electrons. The maximum Gasteiger partial charge on any atom is 0.338 e. The van der Waals surface area contributed by atoms with Gasteiger partial charge in [-0.25, -0.2) is 9.18 Å². The van der Waals surface area contributed by atoms with Crippen molar-refractivity contribution in [1.29, 1.82) is 5.26 Å². The van der Waals surface area contributed by atoms with E-state index in [1.54, 1.807) is 41.1 Å². The van der Waals surface area contributed by atoms with Gasteiger partial charge in [-0.3, -0.25) is 0 Å². The Morgan fingerprint density at radius 3 is 2.34 bits per heavy atom. The van der Waals surface area contributed by atoms with Gasteiger partial charge in [-0.05, 0) is 55.0 Å². The number of aromatic nitrogens is 1. The molecular weight excluding hydrogens is 407 g/mol. The molecule has 168 valence electrons. The molecule has 0 saturated heterocycles. The number of hydrogen-bond acceptors (Lipinski definition) is 4. The number of fused-ring (bicyclic) bond motifs is 1. The van der Waals surface area contributed by atoms with Gasteiger partial charge in [0.15, 0.2) is 11.6 Å². The number of ether oxygens (including phenoxy) is 2. The highest BCUT2D eigenvalue weighted by molar-refractivity contribution is 5.91. The number of benzene rings is 2. The zero-order valence-electron chi connectivity index (χ0n) is 19.0. The third-order valence-corrected chi connectivity index (χ3v) is 5.24. The van der Waals surface area contributed by atoms with Gasteiger partial charge < -0.3 is 14.0 Å². The summed E-state index contributed by atoms with van der Waals surface area (Å²) >= 11 is 0. The number of carbonyl (C=O) groups is 1. The molecule has 0 aliphatic carbocycles. The molecule has 0 aliphatic rings. The Bertz CT molecular complexity index is 1120. The van der Waals surface area contributed by atoms with Crippen LogP contribution in [0.1, 0.15) is 56.5 Å². The summed E-state index contributed by atoms with van der Waals surface area (Å²) in [4.78, 5) is 12.2. The molecule has 0 fully saturated rings. The maximum absolute atomic E-state index is 14.7. The van der Waals surface area contributed by atoms with Crippen LogP contribution in [0.4, 0.5) is 4.39 Å². The van der Waals surface area contributed by atoms with E-state index in [-0.39, 0.29) is 11.7 Å².